The minimum atomic E-state index is -0.0714. The van der Waals surface area contributed by atoms with Gasteiger partial charge in [0, 0.05) is 6.61 Å². The van der Waals surface area contributed by atoms with Crippen LogP contribution in [0.2, 0.25) is 0 Å². The summed E-state index contributed by atoms with van der Waals surface area (Å²) in [5.41, 5.74) is 0.122. The first-order valence-corrected chi connectivity index (χ1v) is 9.74. The van der Waals surface area contributed by atoms with Crippen LogP contribution in [0.4, 0.5) is 0 Å². The van der Waals surface area contributed by atoms with E-state index in [1.807, 2.05) is 0 Å². The van der Waals surface area contributed by atoms with Crippen LogP contribution >= 0.6 is 11.8 Å². The predicted molar refractivity (Wildman–Crippen MR) is 85.1 cm³/mol. The Morgan fingerprint density at radius 1 is 1.05 bits per heavy atom. The van der Waals surface area contributed by atoms with Crippen LogP contribution < -0.4 is 0 Å². The average molecular weight is 298 g/mol. The van der Waals surface area contributed by atoms with E-state index in [1.165, 1.54) is 50.0 Å². The highest BCUT2D eigenvalue weighted by Crippen LogP contribution is 2.43. The fourth-order valence-corrected chi connectivity index (χ4v) is 5.70. The summed E-state index contributed by atoms with van der Waals surface area (Å²) in [4.78, 5) is 0. The summed E-state index contributed by atoms with van der Waals surface area (Å²) in [7, 11) is 0. The van der Waals surface area contributed by atoms with E-state index in [9.17, 15) is 5.11 Å². The van der Waals surface area contributed by atoms with Crippen LogP contribution in [-0.2, 0) is 4.74 Å². The highest BCUT2D eigenvalue weighted by molar-refractivity contribution is 7.99. The zero-order valence-electron chi connectivity index (χ0n) is 12.9. The van der Waals surface area contributed by atoms with Crippen LogP contribution in [0.1, 0.15) is 58.3 Å². The van der Waals surface area contributed by atoms with Crippen molar-refractivity contribution in [1.29, 1.82) is 0 Å². The van der Waals surface area contributed by atoms with Crippen molar-refractivity contribution in [2.75, 3.05) is 18.1 Å². The smallest absolute Gasteiger partial charge is 0.0701 e. The second kappa shape index (κ2) is 6.58. The molecule has 2 aliphatic heterocycles. The van der Waals surface area contributed by atoms with Gasteiger partial charge < -0.3 is 9.84 Å². The third-order valence-corrected chi connectivity index (χ3v) is 6.95. The van der Waals surface area contributed by atoms with E-state index >= 15 is 0 Å². The van der Waals surface area contributed by atoms with Gasteiger partial charge in [-0.3, -0.25) is 0 Å². The van der Waals surface area contributed by atoms with Gasteiger partial charge in [0.2, 0.25) is 0 Å². The van der Waals surface area contributed by atoms with Crippen molar-refractivity contribution >= 4 is 11.8 Å². The van der Waals surface area contributed by atoms with Crippen molar-refractivity contribution < 1.29 is 9.84 Å². The summed E-state index contributed by atoms with van der Waals surface area (Å²) in [5.74, 6) is 4.40. The number of thioether (sulfide) groups is 1. The molecule has 3 rings (SSSR count). The Kier molecular flexibility index (Phi) is 4.99. The monoisotopic (exact) mass is 298 g/mol. The molecule has 2 nitrogen and oxygen atoms in total. The molecule has 20 heavy (non-hydrogen) atoms. The highest BCUT2D eigenvalue weighted by atomic mass is 32.2. The molecule has 1 aliphatic carbocycles. The number of ether oxygens (including phenoxy) is 1. The molecule has 2 heterocycles. The van der Waals surface area contributed by atoms with Crippen LogP contribution in [0.15, 0.2) is 0 Å². The van der Waals surface area contributed by atoms with Gasteiger partial charge in [0.15, 0.2) is 0 Å². The molecule has 0 aromatic carbocycles. The van der Waals surface area contributed by atoms with Gasteiger partial charge in [-0.05, 0) is 67.8 Å². The molecular formula is C17H30O2S. The summed E-state index contributed by atoms with van der Waals surface area (Å²) in [6.07, 6.45) is 9.61. The van der Waals surface area contributed by atoms with Crippen molar-refractivity contribution in [2.24, 2.45) is 17.8 Å². The first-order chi connectivity index (χ1) is 9.69. The Morgan fingerprint density at radius 3 is 2.45 bits per heavy atom. The van der Waals surface area contributed by atoms with Gasteiger partial charge in [-0.1, -0.05) is 19.8 Å². The standard InChI is InChI=1S/C17H30O2S/c1-13-2-4-14(5-3-13)16(18)15-6-9-19-17(12-15)7-10-20-11-8-17/h13-16,18H,2-12H2,1H3. The number of hydrogen-bond acceptors (Lipinski definition) is 3. The largest absolute Gasteiger partial charge is 0.393 e. The lowest BCUT2D eigenvalue weighted by atomic mass is 9.72. The molecule has 2 atom stereocenters. The van der Waals surface area contributed by atoms with E-state index in [0.29, 0.717) is 11.8 Å². The Morgan fingerprint density at radius 2 is 1.75 bits per heavy atom. The fraction of sp³-hybridized carbons (Fsp3) is 1.00. The van der Waals surface area contributed by atoms with E-state index in [-0.39, 0.29) is 11.7 Å². The van der Waals surface area contributed by atoms with Gasteiger partial charge >= 0.3 is 0 Å². The maximum Gasteiger partial charge on any atom is 0.0701 e. The highest BCUT2D eigenvalue weighted by Gasteiger charge is 2.42. The van der Waals surface area contributed by atoms with Crippen molar-refractivity contribution in [3.05, 3.63) is 0 Å². The molecule has 3 aliphatic rings. The van der Waals surface area contributed by atoms with Gasteiger partial charge in [0.1, 0.15) is 0 Å². The third-order valence-electron chi connectivity index (χ3n) is 5.96. The Labute approximate surface area is 128 Å². The van der Waals surface area contributed by atoms with Gasteiger partial charge in [0.25, 0.3) is 0 Å². The number of hydrogen-bond donors (Lipinski definition) is 1. The quantitative estimate of drug-likeness (QED) is 0.839. The second-order valence-corrected chi connectivity index (χ2v) is 8.63. The molecule has 116 valence electrons. The molecule has 0 aromatic rings. The summed E-state index contributed by atoms with van der Waals surface area (Å²) >= 11 is 2.06. The zero-order valence-corrected chi connectivity index (χ0v) is 13.7. The number of aliphatic hydroxyl groups excluding tert-OH is 1. The number of aliphatic hydroxyl groups is 1. The summed E-state index contributed by atoms with van der Waals surface area (Å²) in [6.45, 7) is 3.22. The Hall–Kier alpha value is 0.270. The molecule has 2 unspecified atom stereocenters. The molecule has 0 bridgehead atoms. The molecule has 0 aromatic heterocycles. The minimum absolute atomic E-state index is 0.0714. The summed E-state index contributed by atoms with van der Waals surface area (Å²) in [6, 6.07) is 0. The van der Waals surface area contributed by atoms with E-state index in [4.69, 9.17) is 4.74 Å². The average Bonchev–Trinajstić information content (AvgIpc) is 2.48. The van der Waals surface area contributed by atoms with E-state index < -0.39 is 0 Å². The van der Waals surface area contributed by atoms with Gasteiger partial charge in [-0.25, -0.2) is 0 Å². The van der Waals surface area contributed by atoms with Crippen molar-refractivity contribution in [1.82, 2.24) is 0 Å². The van der Waals surface area contributed by atoms with Crippen molar-refractivity contribution in [3.63, 3.8) is 0 Å². The molecule has 2 saturated heterocycles. The van der Waals surface area contributed by atoms with E-state index in [0.717, 1.165) is 25.4 Å². The van der Waals surface area contributed by atoms with Crippen LogP contribution in [0, 0.1) is 17.8 Å². The SMILES string of the molecule is CC1CCC(C(O)C2CCOC3(CCSCC3)C2)CC1. The summed E-state index contributed by atoms with van der Waals surface area (Å²) < 4.78 is 6.17. The van der Waals surface area contributed by atoms with Crippen LogP contribution in [-0.4, -0.2) is 34.9 Å². The molecule has 0 radical (unpaired) electrons. The number of rotatable bonds is 2. The first kappa shape index (κ1) is 15.2. The molecule has 0 amide bonds. The van der Waals surface area contributed by atoms with Crippen molar-refractivity contribution in [2.45, 2.75) is 70.0 Å². The van der Waals surface area contributed by atoms with Crippen molar-refractivity contribution in [3.8, 4) is 0 Å². The normalized spacial score (nSPS) is 39.6. The lowest BCUT2D eigenvalue weighted by Crippen LogP contribution is -2.47. The predicted octanol–water partition coefficient (Wildman–Crippen LogP) is 3.87. The Bertz CT molecular complexity index is 301. The second-order valence-electron chi connectivity index (χ2n) is 7.41. The van der Waals surface area contributed by atoms with Gasteiger partial charge in [-0.15, -0.1) is 0 Å². The maximum atomic E-state index is 10.8. The van der Waals surface area contributed by atoms with E-state index in [2.05, 4.69) is 18.7 Å². The lowest BCUT2D eigenvalue weighted by Gasteiger charge is -2.46. The molecule has 1 spiro atoms. The first-order valence-electron chi connectivity index (χ1n) is 8.58. The molecular weight excluding hydrogens is 268 g/mol. The zero-order chi connectivity index (χ0) is 14.0. The van der Waals surface area contributed by atoms with Crippen LogP contribution in [0.3, 0.4) is 0 Å². The third kappa shape index (κ3) is 3.36. The molecule has 3 fully saturated rings. The lowest BCUT2D eigenvalue weighted by molar-refractivity contribution is -0.129. The van der Waals surface area contributed by atoms with Crippen LogP contribution in [0.5, 0.6) is 0 Å². The molecule has 1 saturated carbocycles. The van der Waals surface area contributed by atoms with E-state index in [1.54, 1.807) is 0 Å². The van der Waals surface area contributed by atoms with Gasteiger partial charge in [0.05, 0.1) is 11.7 Å². The summed E-state index contributed by atoms with van der Waals surface area (Å²) in [5, 5.41) is 10.8. The van der Waals surface area contributed by atoms with Crippen LogP contribution in [0.25, 0.3) is 0 Å². The minimum Gasteiger partial charge on any atom is -0.393 e. The topological polar surface area (TPSA) is 29.5 Å². The molecule has 1 N–H and O–H groups in total. The maximum absolute atomic E-state index is 10.8. The molecule has 3 heteroatoms. The van der Waals surface area contributed by atoms with Gasteiger partial charge in [-0.2, -0.15) is 11.8 Å². The Balaban J connectivity index is 1.58. The fourth-order valence-electron chi connectivity index (χ4n) is 4.46.